The summed E-state index contributed by atoms with van der Waals surface area (Å²) < 4.78 is 1.52. The number of aromatic nitrogens is 7. The van der Waals surface area contributed by atoms with Crippen LogP contribution in [0.15, 0.2) is 6.20 Å². The Hall–Kier alpha value is -1.83. The summed E-state index contributed by atoms with van der Waals surface area (Å²) in [7, 11) is 0. The molecule has 74 valence electrons. The van der Waals surface area contributed by atoms with Gasteiger partial charge in [-0.1, -0.05) is 10.4 Å². The first-order valence-corrected chi connectivity index (χ1v) is 4.06. The van der Waals surface area contributed by atoms with Crippen LogP contribution in [0, 0.1) is 0 Å². The first-order chi connectivity index (χ1) is 6.77. The Kier molecular flexibility index (Phi) is 2.19. The molecule has 0 saturated heterocycles. The van der Waals surface area contributed by atoms with Crippen LogP contribution < -0.4 is 0 Å². The second kappa shape index (κ2) is 3.50. The summed E-state index contributed by atoms with van der Waals surface area (Å²) in [5, 5.41) is 30.1. The minimum atomic E-state index is -0.614. The second-order valence-electron chi connectivity index (χ2n) is 2.82. The molecule has 0 saturated carbocycles. The number of hydrogen-bond acceptors (Lipinski definition) is 6. The predicted molar refractivity (Wildman–Crippen MR) is 43.9 cm³/mol. The van der Waals surface area contributed by atoms with Crippen LogP contribution in [0.25, 0.3) is 0 Å². The van der Waals surface area contributed by atoms with Crippen molar-refractivity contribution in [1.29, 1.82) is 0 Å². The fourth-order valence-electron chi connectivity index (χ4n) is 1.10. The Labute approximate surface area is 78.9 Å². The molecule has 0 amide bonds. The lowest BCUT2D eigenvalue weighted by atomic mass is 10.3. The number of tetrazole rings is 1. The minimum absolute atomic E-state index is 0.344. The molecule has 0 aliphatic heterocycles. The van der Waals surface area contributed by atoms with Gasteiger partial charge in [0.1, 0.15) is 6.54 Å². The van der Waals surface area contributed by atoms with Crippen LogP contribution in [-0.2, 0) is 6.54 Å². The van der Waals surface area contributed by atoms with Gasteiger partial charge in [0.05, 0.1) is 18.0 Å². The van der Waals surface area contributed by atoms with E-state index in [4.69, 9.17) is 0 Å². The Balaban J connectivity index is 2.21. The van der Waals surface area contributed by atoms with Gasteiger partial charge in [-0.05, 0) is 6.92 Å². The zero-order valence-electron chi connectivity index (χ0n) is 7.49. The van der Waals surface area contributed by atoms with Gasteiger partial charge in [-0.25, -0.2) is 4.68 Å². The Bertz CT molecular complexity index is 392. The van der Waals surface area contributed by atoms with Gasteiger partial charge < -0.3 is 5.11 Å². The number of H-pyrrole nitrogens is 1. The maximum atomic E-state index is 9.36. The molecule has 1 atom stereocenters. The molecule has 0 fully saturated rings. The topological polar surface area (TPSA) is 105 Å². The summed E-state index contributed by atoms with van der Waals surface area (Å²) in [6.07, 6.45) is 0.891. The molecular formula is C6H9N7O. The monoisotopic (exact) mass is 195 g/mol. The molecule has 14 heavy (non-hydrogen) atoms. The van der Waals surface area contributed by atoms with E-state index < -0.39 is 6.10 Å². The number of nitrogens with one attached hydrogen (secondary N) is 1. The summed E-state index contributed by atoms with van der Waals surface area (Å²) >= 11 is 0. The SMILES string of the molecule is CC(O)c1cnnn1Cc1nn[nH]n1. The largest absolute Gasteiger partial charge is 0.387 e. The van der Waals surface area contributed by atoms with Gasteiger partial charge in [-0.2, -0.15) is 5.21 Å². The first kappa shape index (κ1) is 8.75. The fourth-order valence-corrected chi connectivity index (χ4v) is 1.10. The van der Waals surface area contributed by atoms with Crippen molar-refractivity contribution in [1.82, 2.24) is 35.6 Å². The van der Waals surface area contributed by atoms with Crippen LogP contribution in [-0.4, -0.2) is 40.7 Å². The third-order valence-corrected chi connectivity index (χ3v) is 1.76. The molecular weight excluding hydrogens is 186 g/mol. The molecule has 2 aromatic heterocycles. The Morgan fingerprint density at radius 1 is 1.64 bits per heavy atom. The summed E-state index contributed by atoms with van der Waals surface area (Å²) in [4.78, 5) is 0. The van der Waals surface area contributed by atoms with Crippen LogP contribution >= 0.6 is 0 Å². The average Bonchev–Trinajstić information content (AvgIpc) is 2.75. The minimum Gasteiger partial charge on any atom is -0.387 e. The number of hydrogen-bond donors (Lipinski definition) is 2. The smallest absolute Gasteiger partial charge is 0.196 e. The molecule has 1 unspecified atom stereocenters. The lowest BCUT2D eigenvalue weighted by Gasteiger charge is -2.04. The van der Waals surface area contributed by atoms with E-state index in [1.165, 1.54) is 10.9 Å². The molecule has 2 aromatic rings. The Morgan fingerprint density at radius 2 is 2.50 bits per heavy atom. The quantitative estimate of drug-likeness (QED) is 0.643. The van der Waals surface area contributed by atoms with E-state index in [-0.39, 0.29) is 0 Å². The van der Waals surface area contributed by atoms with E-state index in [9.17, 15) is 5.11 Å². The molecule has 0 aromatic carbocycles. The molecule has 8 nitrogen and oxygen atoms in total. The molecule has 0 bridgehead atoms. The van der Waals surface area contributed by atoms with Gasteiger partial charge in [0, 0.05) is 0 Å². The molecule has 2 rings (SSSR count). The first-order valence-electron chi connectivity index (χ1n) is 4.06. The zero-order chi connectivity index (χ0) is 9.97. The number of aliphatic hydroxyl groups is 1. The van der Waals surface area contributed by atoms with Crippen LogP contribution in [0.1, 0.15) is 24.5 Å². The third kappa shape index (κ3) is 1.59. The van der Waals surface area contributed by atoms with Gasteiger partial charge in [0.2, 0.25) is 0 Å². The van der Waals surface area contributed by atoms with E-state index in [1.54, 1.807) is 6.92 Å². The van der Waals surface area contributed by atoms with E-state index >= 15 is 0 Å². The molecule has 0 radical (unpaired) electrons. The third-order valence-electron chi connectivity index (χ3n) is 1.76. The molecule has 0 spiro atoms. The van der Waals surface area contributed by atoms with Gasteiger partial charge in [-0.3, -0.25) is 0 Å². The van der Waals surface area contributed by atoms with Crippen LogP contribution in [0.3, 0.4) is 0 Å². The number of nitrogens with zero attached hydrogens (tertiary/aromatic N) is 6. The zero-order valence-corrected chi connectivity index (χ0v) is 7.49. The molecule has 0 aliphatic rings. The van der Waals surface area contributed by atoms with Crippen LogP contribution in [0.2, 0.25) is 0 Å². The van der Waals surface area contributed by atoms with Crippen molar-refractivity contribution in [3.05, 3.63) is 17.7 Å². The van der Waals surface area contributed by atoms with Gasteiger partial charge >= 0.3 is 0 Å². The van der Waals surface area contributed by atoms with Crippen molar-refractivity contribution in [2.75, 3.05) is 0 Å². The van der Waals surface area contributed by atoms with Crippen LogP contribution in [0.4, 0.5) is 0 Å². The van der Waals surface area contributed by atoms with Gasteiger partial charge in [0.15, 0.2) is 5.82 Å². The van der Waals surface area contributed by atoms with Crippen LogP contribution in [0.5, 0.6) is 0 Å². The highest BCUT2D eigenvalue weighted by molar-refractivity contribution is 4.99. The lowest BCUT2D eigenvalue weighted by molar-refractivity contribution is 0.187. The van der Waals surface area contributed by atoms with Crippen molar-refractivity contribution < 1.29 is 5.11 Å². The van der Waals surface area contributed by atoms with Gasteiger partial charge in [-0.15, -0.1) is 15.3 Å². The van der Waals surface area contributed by atoms with Crippen molar-refractivity contribution in [3.63, 3.8) is 0 Å². The maximum Gasteiger partial charge on any atom is 0.196 e. The maximum absolute atomic E-state index is 9.36. The molecule has 2 heterocycles. The van der Waals surface area contributed by atoms with Gasteiger partial charge in [0.25, 0.3) is 0 Å². The summed E-state index contributed by atoms with van der Waals surface area (Å²) in [5.41, 5.74) is 0.620. The van der Waals surface area contributed by atoms with E-state index in [1.807, 2.05) is 0 Å². The average molecular weight is 195 g/mol. The molecule has 0 aliphatic carbocycles. The summed E-state index contributed by atoms with van der Waals surface area (Å²) in [5.74, 6) is 0.498. The predicted octanol–water partition coefficient (Wildman–Crippen LogP) is -1.11. The van der Waals surface area contributed by atoms with E-state index in [0.29, 0.717) is 18.1 Å². The van der Waals surface area contributed by atoms with E-state index in [0.717, 1.165) is 0 Å². The van der Waals surface area contributed by atoms with Crippen molar-refractivity contribution in [3.8, 4) is 0 Å². The normalized spacial score (nSPS) is 13.0. The van der Waals surface area contributed by atoms with Crippen molar-refractivity contribution in [2.24, 2.45) is 0 Å². The highest BCUT2D eigenvalue weighted by atomic mass is 16.3. The second-order valence-corrected chi connectivity index (χ2v) is 2.82. The molecule has 2 N–H and O–H groups in total. The highest BCUT2D eigenvalue weighted by Crippen LogP contribution is 2.09. The summed E-state index contributed by atoms with van der Waals surface area (Å²) in [6, 6.07) is 0. The highest BCUT2D eigenvalue weighted by Gasteiger charge is 2.10. The van der Waals surface area contributed by atoms with Crippen molar-refractivity contribution in [2.45, 2.75) is 19.6 Å². The lowest BCUT2D eigenvalue weighted by Crippen LogP contribution is -2.09. The number of aromatic amines is 1. The Morgan fingerprint density at radius 3 is 3.14 bits per heavy atom. The number of aliphatic hydroxyl groups excluding tert-OH is 1. The summed E-state index contributed by atoms with van der Waals surface area (Å²) in [6.45, 7) is 1.99. The van der Waals surface area contributed by atoms with Crippen molar-refractivity contribution >= 4 is 0 Å². The standard InChI is InChI=1S/C6H9N7O/c1-4(14)5-2-7-12-13(5)3-6-8-10-11-9-6/h2,4,14H,3H2,1H3,(H,8,9,10,11). The number of rotatable bonds is 3. The fraction of sp³-hybridized carbons (Fsp3) is 0.500. The van der Waals surface area contributed by atoms with E-state index in [2.05, 4.69) is 30.9 Å². The molecule has 8 heteroatoms.